The Hall–Kier alpha value is -0.0400. The van der Waals surface area contributed by atoms with Crippen molar-refractivity contribution < 1.29 is 4.74 Å². The lowest BCUT2D eigenvalue weighted by Gasteiger charge is -2.23. The average Bonchev–Trinajstić information content (AvgIpc) is 2.81. The second-order valence-electron chi connectivity index (χ2n) is 4.93. The Morgan fingerprint density at radius 1 is 1.24 bits per heavy atom. The minimum Gasteiger partial charge on any atom is -0.381 e. The predicted molar refractivity (Wildman–Crippen MR) is 80.8 cm³/mol. The van der Waals surface area contributed by atoms with E-state index >= 15 is 0 Å². The van der Waals surface area contributed by atoms with Gasteiger partial charge in [-0.25, -0.2) is 0 Å². The molecule has 2 rings (SSSR count). The van der Waals surface area contributed by atoms with E-state index in [9.17, 15) is 0 Å². The van der Waals surface area contributed by atoms with E-state index < -0.39 is 0 Å². The molecule has 0 aromatic carbocycles. The summed E-state index contributed by atoms with van der Waals surface area (Å²) >= 11 is 0. The van der Waals surface area contributed by atoms with Gasteiger partial charge in [-0.2, -0.15) is 0 Å². The number of rotatable bonds is 3. The Balaban J connectivity index is 0.00000144. The number of guanidine groups is 1. The zero-order valence-electron chi connectivity index (χ0n) is 10.4. The van der Waals surface area contributed by atoms with Crippen molar-refractivity contribution >= 4 is 29.9 Å². The van der Waals surface area contributed by atoms with Gasteiger partial charge in [0.15, 0.2) is 5.96 Å². The molecule has 0 spiro atoms. The third kappa shape index (κ3) is 5.42. The summed E-state index contributed by atoms with van der Waals surface area (Å²) in [5.74, 6) is 1.20. The lowest BCUT2D eigenvalue weighted by molar-refractivity contribution is 0.187. The van der Waals surface area contributed by atoms with Gasteiger partial charge in [0.05, 0.1) is 6.61 Å². The number of aliphatic imine (C=N–C) groups is 1. The van der Waals surface area contributed by atoms with E-state index in [1.54, 1.807) is 0 Å². The Morgan fingerprint density at radius 3 is 2.65 bits per heavy atom. The lowest BCUT2D eigenvalue weighted by atomic mass is 9.96. The SMILES string of the molecule is I.NC(=NCC1CCOC1)NC1CCCCC1. The van der Waals surface area contributed by atoms with Crippen LogP contribution in [0.1, 0.15) is 38.5 Å². The van der Waals surface area contributed by atoms with E-state index in [0.29, 0.717) is 17.9 Å². The minimum atomic E-state index is 0. The highest BCUT2D eigenvalue weighted by molar-refractivity contribution is 14.0. The number of nitrogens with two attached hydrogens (primary N) is 1. The summed E-state index contributed by atoms with van der Waals surface area (Å²) in [5, 5.41) is 3.33. The van der Waals surface area contributed by atoms with Crippen molar-refractivity contribution in [3.63, 3.8) is 0 Å². The number of nitrogens with one attached hydrogen (secondary N) is 1. The summed E-state index contributed by atoms with van der Waals surface area (Å²) in [5.41, 5.74) is 5.88. The monoisotopic (exact) mass is 353 g/mol. The minimum absolute atomic E-state index is 0. The number of hydrogen-bond donors (Lipinski definition) is 2. The van der Waals surface area contributed by atoms with Gasteiger partial charge in [-0.15, -0.1) is 24.0 Å². The predicted octanol–water partition coefficient (Wildman–Crippen LogP) is 1.88. The molecular formula is C12H24IN3O. The molecule has 0 amide bonds. The molecule has 1 saturated heterocycles. The maximum absolute atomic E-state index is 5.88. The fourth-order valence-electron chi connectivity index (χ4n) is 2.46. The molecule has 2 fully saturated rings. The van der Waals surface area contributed by atoms with Gasteiger partial charge in [0, 0.05) is 25.1 Å². The molecule has 1 unspecified atom stereocenters. The summed E-state index contributed by atoms with van der Waals surface area (Å²) in [6.45, 7) is 2.54. The molecule has 0 bridgehead atoms. The fourth-order valence-corrected chi connectivity index (χ4v) is 2.46. The molecule has 0 radical (unpaired) electrons. The molecule has 1 atom stereocenters. The van der Waals surface area contributed by atoms with Gasteiger partial charge >= 0.3 is 0 Å². The van der Waals surface area contributed by atoms with Crippen LogP contribution in [0.2, 0.25) is 0 Å². The molecule has 0 aromatic rings. The van der Waals surface area contributed by atoms with Crippen LogP contribution in [-0.4, -0.2) is 31.8 Å². The normalized spacial score (nSPS) is 26.6. The van der Waals surface area contributed by atoms with E-state index in [0.717, 1.165) is 26.2 Å². The van der Waals surface area contributed by atoms with Gasteiger partial charge in [0.2, 0.25) is 0 Å². The van der Waals surface area contributed by atoms with Crippen LogP contribution in [0, 0.1) is 5.92 Å². The van der Waals surface area contributed by atoms with E-state index in [1.165, 1.54) is 32.1 Å². The molecule has 5 heteroatoms. The molecule has 0 aromatic heterocycles. The maximum atomic E-state index is 5.88. The van der Waals surface area contributed by atoms with Crippen LogP contribution in [0.15, 0.2) is 4.99 Å². The third-order valence-corrected chi connectivity index (χ3v) is 3.50. The molecule has 1 heterocycles. The molecule has 2 aliphatic rings. The third-order valence-electron chi connectivity index (χ3n) is 3.50. The van der Waals surface area contributed by atoms with Crippen molar-refractivity contribution in [2.75, 3.05) is 19.8 Å². The quantitative estimate of drug-likeness (QED) is 0.463. The van der Waals surface area contributed by atoms with Crippen LogP contribution in [0.5, 0.6) is 0 Å². The number of hydrogen-bond acceptors (Lipinski definition) is 2. The van der Waals surface area contributed by atoms with Crippen LogP contribution in [-0.2, 0) is 4.74 Å². The number of nitrogens with zero attached hydrogens (tertiary/aromatic N) is 1. The Morgan fingerprint density at radius 2 is 2.00 bits per heavy atom. The summed E-state index contributed by atoms with van der Waals surface area (Å²) in [6.07, 6.45) is 7.61. The summed E-state index contributed by atoms with van der Waals surface area (Å²) < 4.78 is 5.31. The molecule has 100 valence electrons. The van der Waals surface area contributed by atoms with E-state index in [1.807, 2.05) is 0 Å². The smallest absolute Gasteiger partial charge is 0.188 e. The first-order valence-electron chi connectivity index (χ1n) is 6.49. The highest BCUT2D eigenvalue weighted by atomic mass is 127. The van der Waals surface area contributed by atoms with Crippen molar-refractivity contribution in [3.8, 4) is 0 Å². The van der Waals surface area contributed by atoms with Crippen LogP contribution >= 0.6 is 24.0 Å². The highest BCUT2D eigenvalue weighted by Crippen LogP contribution is 2.17. The van der Waals surface area contributed by atoms with Crippen LogP contribution in [0.25, 0.3) is 0 Å². The molecule has 1 aliphatic carbocycles. The molecule has 3 N–H and O–H groups in total. The average molecular weight is 353 g/mol. The van der Waals surface area contributed by atoms with Crippen molar-refractivity contribution in [2.45, 2.75) is 44.6 Å². The summed E-state index contributed by atoms with van der Waals surface area (Å²) in [6, 6.07) is 0.553. The highest BCUT2D eigenvalue weighted by Gasteiger charge is 2.16. The Labute approximate surface area is 121 Å². The van der Waals surface area contributed by atoms with Crippen LogP contribution in [0.4, 0.5) is 0 Å². The zero-order valence-corrected chi connectivity index (χ0v) is 12.7. The zero-order chi connectivity index (χ0) is 11.2. The van der Waals surface area contributed by atoms with E-state index in [-0.39, 0.29) is 24.0 Å². The second kappa shape index (κ2) is 8.13. The van der Waals surface area contributed by atoms with Gasteiger partial charge in [-0.3, -0.25) is 4.99 Å². The lowest BCUT2D eigenvalue weighted by Crippen LogP contribution is -2.41. The van der Waals surface area contributed by atoms with Gasteiger partial charge in [-0.1, -0.05) is 19.3 Å². The number of ether oxygens (including phenoxy) is 1. The van der Waals surface area contributed by atoms with Crippen LogP contribution in [0.3, 0.4) is 0 Å². The van der Waals surface area contributed by atoms with Crippen molar-refractivity contribution in [3.05, 3.63) is 0 Å². The summed E-state index contributed by atoms with van der Waals surface area (Å²) in [7, 11) is 0. The first kappa shape index (κ1) is 15.0. The molecule has 4 nitrogen and oxygen atoms in total. The van der Waals surface area contributed by atoms with Gasteiger partial charge in [0.1, 0.15) is 0 Å². The maximum Gasteiger partial charge on any atom is 0.188 e. The fraction of sp³-hybridized carbons (Fsp3) is 0.917. The molecule has 1 saturated carbocycles. The van der Waals surface area contributed by atoms with Gasteiger partial charge in [0.25, 0.3) is 0 Å². The first-order chi connectivity index (χ1) is 7.84. The summed E-state index contributed by atoms with van der Waals surface area (Å²) in [4.78, 5) is 4.40. The van der Waals surface area contributed by atoms with Crippen LogP contribution < -0.4 is 11.1 Å². The first-order valence-corrected chi connectivity index (χ1v) is 6.49. The van der Waals surface area contributed by atoms with Crippen molar-refractivity contribution in [1.82, 2.24) is 5.32 Å². The topological polar surface area (TPSA) is 59.6 Å². The molecule has 17 heavy (non-hydrogen) atoms. The largest absolute Gasteiger partial charge is 0.381 e. The Bertz CT molecular complexity index is 236. The molecule has 1 aliphatic heterocycles. The van der Waals surface area contributed by atoms with E-state index in [4.69, 9.17) is 10.5 Å². The van der Waals surface area contributed by atoms with Gasteiger partial charge < -0.3 is 15.8 Å². The van der Waals surface area contributed by atoms with Gasteiger partial charge in [-0.05, 0) is 19.3 Å². The molecular weight excluding hydrogens is 329 g/mol. The second-order valence-corrected chi connectivity index (χ2v) is 4.93. The van der Waals surface area contributed by atoms with Crippen molar-refractivity contribution in [1.29, 1.82) is 0 Å². The Kier molecular flexibility index (Phi) is 7.18. The van der Waals surface area contributed by atoms with Crippen molar-refractivity contribution in [2.24, 2.45) is 16.6 Å². The van der Waals surface area contributed by atoms with E-state index in [2.05, 4.69) is 10.3 Å². The number of halogens is 1. The standard InChI is InChI=1S/C12H23N3O.HI/c13-12(14-8-10-6-7-16-9-10)15-11-4-2-1-3-5-11;/h10-11H,1-9H2,(H3,13,14,15);1H.